The summed E-state index contributed by atoms with van der Waals surface area (Å²) in [6.45, 7) is 7.23. The van der Waals surface area contributed by atoms with Crippen LogP contribution < -0.4 is 5.32 Å². The lowest BCUT2D eigenvalue weighted by molar-refractivity contribution is -0.133. The number of nitrogens with zero attached hydrogens (tertiary/aromatic N) is 1. The Labute approximate surface area is 223 Å². The molecule has 0 heterocycles. The van der Waals surface area contributed by atoms with Gasteiger partial charge in [0.25, 0.3) is 0 Å². The van der Waals surface area contributed by atoms with Gasteiger partial charge in [-0.1, -0.05) is 89.9 Å². The lowest BCUT2D eigenvalue weighted by atomic mass is 10.0. The molecule has 2 amide bonds. The third-order valence-electron chi connectivity index (χ3n) is 5.57. The van der Waals surface area contributed by atoms with E-state index < -0.39 is 23.8 Å². The third kappa shape index (κ3) is 7.57. The van der Waals surface area contributed by atoms with Gasteiger partial charge >= 0.3 is 6.09 Å². The molecule has 0 bridgehead atoms. The fourth-order valence-electron chi connectivity index (χ4n) is 3.81. The number of amides is 2. The Morgan fingerprint density at radius 1 is 0.889 bits per heavy atom. The number of halogens is 2. The van der Waals surface area contributed by atoms with Crippen LogP contribution in [0.3, 0.4) is 0 Å². The number of carbonyl (C=O) groups excluding carboxylic acids is 2. The van der Waals surface area contributed by atoms with Crippen LogP contribution in [0.25, 0.3) is 0 Å². The van der Waals surface area contributed by atoms with E-state index in [9.17, 15) is 9.59 Å². The molecule has 0 fully saturated rings. The van der Waals surface area contributed by atoms with Crippen molar-refractivity contribution >= 4 is 35.2 Å². The first-order chi connectivity index (χ1) is 17.1. The zero-order valence-electron chi connectivity index (χ0n) is 21.0. The number of hydrogen-bond acceptors (Lipinski definition) is 4. The molecule has 0 aliphatic rings. The minimum absolute atomic E-state index is 0.100. The van der Waals surface area contributed by atoms with Crippen molar-refractivity contribution in [3.63, 3.8) is 0 Å². The van der Waals surface area contributed by atoms with Crippen LogP contribution in [0.4, 0.5) is 4.79 Å². The standard InChI is InChI=1S/C29H32Cl2N2O3/c1-20(22-14-9-6-10-15-22)32-27(26-23(30)16-11-17-24(26)31)33(28(35)36-29(2,3)4)25(34)19-18-21-12-7-5-8-13-21/h5-17,20,27,32H,18-19H2,1-4H3/t20-,27-/m1/s1. The number of nitrogens with one attached hydrogen (secondary N) is 1. The van der Waals surface area contributed by atoms with E-state index in [0.29, 0.717) is 22.0 Å². The second kappa shape index (κ2) is 12.4. The molecule has 5 nitrogen and oxygen atoms in total. The van der Waals surface area contributed by atoms with Crippen LogP contribution in [0, 0.1) is 0 Å². The highest BCUT2D eigenvalue weighted by atomic mass is 35.5. The lowest BCUT2D eigenvalue weighted by Crippen LogP contribution is -2.48. The number of benzene rings is 3. The van der Waals surface area contributed by atoms with Crippen molar-refractivity contribution in [2.24, 2.45) is 0 Å². The number of imide groups is 1. The van der Waals surface area contributed by atoms with Crippen LogP contribution in [0.15, 0.2) is 78.9 Å². The summed E-state index contributed by atoms with van der Waals surface area (Å²) in [6.07, 6.45) is -1.16. The van der Waals surface area contributed by atoms with Gasteiger partial charge in [0.2, 0.25) is 5.91 Å². The molecule has 3 aromatic carbocycles. The number of rotatable bonds is 8. The predicted octanol–water partition coefficient (Wildman–Crippen LogP) is 7.74. The predicted molar refractivity (Wildman–Crippen MR) is 145 cm³/mol. The number of aryl methyl sites for hydroxylation is 1. The van der Waals surface area contributed by atoms with Gasteiger partial charge in [-0.05, 0) is 57.4 Å². The average molecular weight is 527 g/mol. The van der Waals surface area contributed by atoms with Gasteiger partial charge in [-0.25, -0.2) is 9.69 Å². The highest BCUT2D eigenvalue weighted by molar-refractivity contribution is 6.36. The highest BCUT2D eigenvalue weighted by Gasteiger charge is 2.37. The quantitative estimate of drug-likeness (QED) is 0.305. The van der Waals surface area contributed by atoms with Crippen molar-refractivity contribution in [3.05, 3.63) is 106 Å². The van der Waals surface area contributed by atoms with Crippen molar-refractivity contribution in [3.8, 4) is 0 Å². The van der Waals surface area contributed by atoms with Gasteiger partial charge < -0.3 is 4.74 Å². The van der Waals surface area contributed by atoms with Gasteiger partial charge in [-0.15, -0.1) is 0 Å². The molecule has 0 radical (unpaired) electrons. The SMILES string of the molecule is C[C@@H](N[C@@H](c1c(Cl)cccc1Cl)N(C(=O)CCc1ccccc1)C(=O)OC(C)(C)C)c1ccccc1. The zero-order valence-corrected chi connectivity index (χ0v) is 22.5. The summed E-state index contributed by atoms with van der Waals surface area (Å²) in [4.78, 5) is 28.3. The molecule has 0 spiro atoms. The molecule has 0 aromatic heterocycles. The summed E-state index contributed by atoms with van der Waals surface area (Å²) in [7, 11) is 0. The van der Waals surface area contributed by atoms with E-state index in [4.69, 9.17) is 27.9 Å². The first-order valence-corrected chi connectivity index (χ1v) is 12.7. The number of hydrogen-bond donors (Lipinski definition) is 1. The Morgan fingerprint density at radius 2 is 1.44 bits per heavy atom. The van der Waals surface area contributed by atoms with Crippen LogP contribution in [0.1, 0.15) is 63.0 Å². The normalized spacial score (nSPS) is 13.1. The van der Waals surface area contributed by atoms with Crippen LogP contribution in [-0.2, 0) is 16.0 Å². The summed E-state index contributed by atoms with van der Waals surface area (Å²) in [6, 6.07) is 24.2. The van der Waals surface area contributed by atoms with E-state index in [1.807, 2.05) is 67.6 Å². The molecule has 2 atom stereocenters. The zero-order chi connectivity index (χ0) is 26.3. The highest BCUT2D eigenvalue weighted by Crippen LogP contribution is 2.35. The Bertz CT molecular complexity index is 1140. The Kier molecular flexibility index (Phi) is 9.55. The summed E-state index contributed by atoms with van der Waals surface area (Å²) in [5.74, 6) is -0.401. The number of carbonyl (C=O) groups is 2. The molecule has 190 valence electrons. The molecule has 0 saturated heterocycles. The van der Waals surface area contributed by atoms with Crippen LogP contribution in [0.5, 0.6) is 0 Å². The summed E-state index contributed by atoms with van der Waals surface area (Å²) in [5, 5.41) is 4.09. The molecule has 1 N–H and O–H groups in total. The summed E-state index contributed by atoms with van der Waals surface area (Å²) >= 11 is 13.2. The van der Waals surface area contributed by atoms with Crippen LogP contribution in [0.2, 0.25) is 10.0 Å². The molecule has 3 aromatic rings. The molecule has 3 rings (SSSR count). The second-order valence-electron chi connectivity index (χ2n) is 9.57. The molecular weight excluding hydrogens is 495 g/mol. The van der Waals surface area contributed by atoms with Gasteiger partial charge in [0.15, 0.2) is 0 Å². The van der Waals surface area contributed by atoms with Crippen molar-refractivity contribution in [1.82, 2.24) is 10.2 Å². The van der Waals surface area contributed by atoms with E-state index in [1.165, 1.54) is 0 Å². The lowest BCUT2D eigenvalue weighted by Gasteiger charge is -2.35. The second-order valence-corrected chi connectivity index (χ2v) is 10.4. The van der Waals surface area contributed by atoms with E-state index in [0.717, 1.165) is 16.0 Å². The molecule has 0 aliphatic heterocycles. The third-order valence-corrected chi connectivity index (χ3v) is 6.23. The number of ether oxygens (including phenoxy) is 1. The fraction of sp³-hybridized carbons (Fsp3) is 0.310. The van der Waals surface area contributed by atoms with Gasteiger partial charge in [0, 0.05) is 28.1 Å². The molecular formula is C29H32Cl2N2O3. The molecule has 7 heteroatoms. The van der Waals surface area contributed by atoms with Crippen LogP contribution >= 0.6 is 23.2 Å². The van der Waals surface area contributed by atoms with Crippen molar-refractivity contribution in [2.75, 3.05) is 0 Å². The summed E-state index contributed by atoms with van der Waals surface area (Å²) in [5.41, 5.74) is 1.59. The maximum atomic E-state index is 13.7. The molecule has 0 saturated carbocycles. The van der Waals surface area contributed by atoms with Gasteiger partial charge in [-0.2, -0.15) is 0 Å². The topological polar surface area (TPSA) is 58.6 Å². The summed E-state index contributed by atoms with van der Waals surface area (Å²) < 4.78 is 5.68. The van der Waals surface area contributed by atoms with Crippen molar-refractivity contribution in [2.45, 2.75) is 58.3 Å². The minimum Gasteiger partial charge on any atom is -0.443 e. The monoisotopic (exact) mass is 526 g/mol. The van der Waals surface area contributed by atoms with E-state index in [-0.39, 0.29) is 12.5 Å². The Balaban J connectivity index is 2.04. The fourth-order valence-corrected chi connectivity index (χ4v) is 4.42. The van der Waals surface area contributed by atoms with Crippen molar-refractivity contribution in [1.29, 1.82) is 0 Å². The minimum atomic E-state index is -0.959. The molecule has 0 unspecified atom stereocenters. The van der Waals surface area contributed by atoms with Gasteiger partial charge in [-0.3, -0.25) is 10.1 Å². The Hall–Kier alpha value is -2.86. The smallest absolute Gasteiger partial charge is 0.418 e. The van der Waals surface area contributed by atoms with E-state index in [2.05, 4.69) is 5.32 Å². The van der Waals surface area contributed by atoms with Crippen LogP contribution in [-0.4, -0.2) is 22.5 Å². The first-order valence-electron chi connectivity index (χ1n) is 11.9. The first kappa shape index (κ1) is 27.7. The average Bonchev–Trinajstić information content (AvgIpc) is 2.82. The largest absolute Gasteiger partial charge is 0.443 e. The van der Waals surface area contributed by atoms with E-state index in [1.54, 1.807) is 39.0 Å². The van der Waals surface area contributed by atoms with E-state index >= 15 is 0 Å². The maximum absolute atomic E-state index is 13.7. The van der Waals surface area contributed by atoms with Gasteiger partial charge in [0.05, 0.1) is 0 Å². The van der Waals surface area contributed by atoms with Crippen molar-refractivity contribution < 1.29 is 14.3 Å². The Morgan fingerprint density at radius 3 is 2.00 bits per heavy atom. The molecule has 36 heavy (non-hydrogen) atoms. The van der Waals surface area contributed by atoms with Gasteiger partial charge in [0.1, 0.15) is 11.8 Å². The maximum Gasteiger partial charge on any atom is 0.418 e. The molecule has 0 aliphatic carbocycles.